The summed E-state index contributed by atoms with van der Waals surface area (Å²) in [6, 6.07) is 0. The van der Waals surface area contributed by atoms with Crippen molar-refractivity contribution in [1.82, 2.24) is 0 Å². The number of rotatable bonds is 55. The summed E-state index contributed by atoms with van der Waals surface area (Å²) in [6.07, 6.45) is 66.9. The maximum atomic E-state index is 10.5. The van der Waals surface area contributed by atoms with E-state index in [9.17, 15) is 9.59 Å². The topological polar surface area (TPSA) is 74.6 Å². The Morgan fingerprint density at radius 3 is 0.450 bits per heavy atom. The molecular formula is C54H106O4S2. The molecule has 4 nitrogen and oxygen atoms in total. The third-order valence-electron chi connectivity index (χ3n) is 12.8. The quantitative estimate of drug-likeness (QED) is 0.0468. The van der Waals surface area contributed by atoms with Crippen LogP contribution in [0.4, 0.5) is 0 Å². The molecule has 0 aromatic rings. The van der Waals surface area contributed by atoms with Gasteiger partial charge in [-0.2, -0.15) is 0 Å². The predicted octanol–water partition coefficient (Wildman–Crippen LogP) is 20.0. The van der Waals surface area contributed by atoms with Gasteiger partial charge in [0.15, 0.2) is 0 Å². The minimum Gasteiger partial charge on any atom is -0.481 e. The Labute approximate surface area is 384 Å². The van der Waals surface area contributed by atoms with Crippen LogP contribution in [0.2, 0.25) is 0 Å². The van der Waals surface area contributed by atoms with Crippen molar-refractivity contribution in [3.05, 3.63) is 0 Å². The molecule has 0 radical (unpaired) electrons. The molecule has 60 heavy (non-hydrogen) atoms. The first kappa shape index (κ1) is 59.6. The third-order valence-corrected chi connectivity index (χ3v) is 15.4. The van der Waals surface area contributed by atoms with Crippen molar-refractivity contribution in [3.8, 4) is 0 Å². The van der Waals surface area contributed by atoms with Gasteiger partial charge in [0.25, 0.3) is 0 Å². The lowest BCUT2D eigenvalue weighted by Gasteiger charge is -2.05. The molecule has 0 amide bonds. The summed E-state index contributed by atoms with van der Waals surface area (Å²) in [4.78, 5) is 21.0. The van der Waals surface area contributed by atoms with E-state index in [1.54, 1.807) is 0 Å². The van der Waals surface area contributed by atoms with Gasteiger partial charge in [0, 0.05) is 24.3 Å². The Hall–Kier alpha value is -0.360. The highest BCUT2D eigenvalue weighted by atomic mass is 33.1. The molecule has 0 saturated heterocycles. The highest BCUT2D eigenvalue weighted by Crippen LogP contribution is 2.25. The molecule has 0 aromatic heterocycles. The third kappa shape index (κ3) is 57.6. The van der Waals surface area contributed by atoms with E-state index in [0.717, 1.165) is 25.7 Å². The lowest BCUT2D eigenvalue weighted by molar-refractivity contribution is -0.138. The molecule has 0 heterocycles. The van der Waals surface area contributed by atoms with Crippen LogP contribution in [0, 0.1) is 0 Å². The number of aliphatic carboxylic acids is 2. The molecule has 0 aliphatic heterocycles. The summed E-state index contributed by atoms with van der Waals surface area (Å²) >= 11 is 0. The minimum atomic E-state index is -0.649. The van der Waals surface area contributed by atoms with E-state index in [-0.39, 0.29) is 0 Å². The van der Waals surface area contributed by atoms with Crippen molar-refractivity contribution in [3.63, 3.8) is 0 Å². The van der Waals surface area contributed by atoms with Crippen molar-refractivity contribution in [2.24, 2.45) is 0 Å². The average Bonchev–Trinajstić information content (AvgIpc) is 3.23. The van der Waals surface area contributed by atoms with Crippen molar-refractivity contribution in [2.75, 3.05) is 11.5 Å². The molecule has 0 fully saturated rings. The van der Waals surface area contributed by atoms with Gasteiger partial charge >= 0.3 is 11.9 Å². The smallest absolute Gasteiger partial charge is 0.303 e. The summed E-state index contributed by atoms with van der Waals surface area (Å²) in [5.41, 5.74) is 0. The fraction of sp³-hybridized carbons (Fsp3) is 0.963. The Morgan fingerprint density at radius 2 is 0.317 bits per heavy atom. The number of carboxylic acids is 2. The van der Waals surface area contributed by atoms with E-state index in [1.165, 1.54) is 294 Å². The van der Waals surface area contributed by atoms with E-state index >= 15 is 0 Å². The van der Waals surface area contributed by atoms with Crippen LogP contribution in [0.3, 0.4) is 0 Å². The molecule has 6 heteroatoms. The van der Waals surface area contributed by atoms with E-state index in [4.69, 9.17) is 10.2 Å². The molecule has 0 spiro atoms. The zero-order valence-electron chi connectivity index (χ0n) is 40.3. The van der Waals surface area contributed by atoms with Crippen molar-refractivity contribution < 1.29 is 19.8 Å². The van der Waals surface area contributed by atoms with E-state index < -0.39 is 11.9 Å². The van der Waals surface area contributed by atoms with Crippen LogP contribution in [0.5, 0.6) is 0 Å². The number of carbonyl (C=O) groups is 2. The van der Waals surface area contributed by atoms with Crippen LogP contribution in [-0.2, 0) is 9.59 Å². The minimum absolute atomic E-state index is 0.343. The Bertz CT molecular complexity index is 758. The first-order valence-corrected chi connectivity index (χ1v) is 29.8. The second-order valence-corrected chi connectivity index (χ2v) is 21.6. The van der Waals surface area contributed by atoms with Gasteiger partial charge in [0.2, 0.25) is 0 Å². The van der Waals surface area contributed by atoms with E-state index in [0.29, 0.717) is 12.8 Å². The summed E-state index contributed by atoms with van der Waals surface area (Å²) in [7, 11) is 4.27. The maximum absolute atomic E-state index is 10.5. The second-order valence-electron chi connectivity index (χ2n) is 18.9. The Kier molecular flexibility index (Phi) is 54.4. The van der Waals surface area contributed by atoms with Crippen LogP contribution in [-0.4, -0.2) is 33.7 Å². The zero-order valence-corrected chi connectivity index (χ0v) is 41.9. The average molecular weight is 884 g/mol. The first-order valence-electron chi connectivity index (χ1n) is 27.3. The highest BCUT2D eigenvalue weighted by Gasteiger charge is 2.01. The molecule has 0 bridgehead atoms. The number of carboxylic acid groups (broad SMARTS) is 2. The predicted molar refractivity (Wildman–Crippen MR) is 271 cm³/mol. The SMILES string of the molecule is O=C(O)CCCCCCCCCCCCCCCCCCCCCCCCCCSSCCCCCCCCCCCCCCCCCCCCCCCCCCC(=O)O. The van der Waals surface area contributed by atoms with Gasteiger partial charge in [-0.25, -0.2) is 0 Å². The molecular weight excluding hydrogens is 777 g/mol. The molecule has 0 atom stereocenters. The molecule has 2 N–H and O–H groups in total. The van der Waals surface area contributed by atoms with Gasteiger partial charge in [-0.1, -0.05) is 304 Å². The standard InChI is InChI=1S/C54H106O4S2/c55-53(56)49-45-41-37-33-29-25-21-17-13-9-5-1-3-7-11-15-19-23-27-31-35-39-43-47-51-59-60-52-48-44-40-36-32-28-24-20-16-12-8-4-2-6-10-14-18-22-26-30-34-38-42-46-50-54(57)58/h1-52H2,(H,55,56)(H,57,58). The maximum Gasteiger partial charge on any atom is 0.303 e. The fourth-order valence-electron chi connectivity index (χ4n) is 8.77. The summed E-state index contributed by atoms with van der Waals surface area (Å²) in [6.45, 7) is 0. The van der Waals surface area contributed by atoms with Gasteiger partial charge in [0.05, 0.1) is 0 Å². The van der Waals surface area contributed by atoms with Crippen molar-refractivity contribution >= 4 is 33.5 Å². The Morgan fingerprint density at radius 1 is 0.200 bits per heavy atom. The van der Waals surface area contributed by atoms with Gasteiger partial charge in [-0.15, -0.1) is 0 Å². The van der Waals surface area contributed by atoms with Gasteiger partial charge in [-0.3, -0.25) is 9.59 Å². The van der Waals surface area contributed by atoms with Crippen LogP contribution >= 0.6 is 21.6 Å². The van der Waals surface area contributed by atoms with E-state index in [1.807, 2.05) is 0 Å². The molecule has 0 saturated carbocycles. The largest absolute Gasteiger partial charge is 0.481 e. The van der Waals surface area contributed by atoms with Crippen LogP contribution in [0.15, 0.2) is 0 Å². The summed E-state index contributed by atoms with van der Waals surface area (Å²) in [5.74, 6) is 1.41. The number of unbranched alkanes of at least 4 members (excludes halogenated alkanes) is 46. The Balaban J connectivity index is 3.07. The van der Waals surface area contributed by atoms with Crippen LogP contribution < -0.4 is 0 Å². The van der Waals surface area contributed by atoms with Gasteiger partial charge in [-0.05, 0) is 25.7 Å². The van der Waals surface area contributed by atoms with Crippen LogP contribution in [0.1, 0.15) is 321 Å². The highest BCUT2D eigenvalue weighted by molar-refractivity contribution is 8.76. The zero-order chi connectivity index (χ0) is 43.3. The van der Waals surface area contributed by atoms with Crippen LogP contribution in [0.25, 0.3) is 0 Å². The fourth-order valence-corrected chi connectivity index (χ4v) is 11.1. The van der Waals surface area contributed by atoms with Gasteiger partial charge < -0.3 is 10.2 Å². The van der Waals surface area contributed by atoms with Gasteiger partial charge in [0.1, 0.15) is 0 Å². The van der Waals surface area contributed by atoms with Crippen molar-refractivity contribution in [2.45, 2.75) is 321 Å². The summed E-state index contributed by atoms with van der Waals surface area (Å²) < 4.78 is 0. The molecule has 0 aliphatic carbocycles. The second kappa shape index (κ2) is 54.8. The monoisotopic (exact) mass is 883 g/mol. The lowest BCUT2D eigenvalue weighted by atomic mass is 10.0. The van der Waals surface area contributed by atoms with E-state index in [2.05, 4.69) is 21.6 Å². The number of hydrogen-bond acceptors (Lipinski definition) is 4. The molecule has 0 rings (SSSR count). The first-order chi connectivity index (χ1) is 29.6. The number of hydrogen-bond donors (Lipinski definition) is 2. The molecule has 0 unspecified atom stereocenters. The molecule has 0 aliphatic rings. The molecule has 0 aromatic carbocycles. The summed E-state index contributed by atoms with van der Waals surface area (Å²) in [5, 5.41) is 17.3. The van der Waals surface area contributed by atoms with Crippen molar-refractivity contribution in [1.29, 1.82) is 0 Å². The lowest BCUT2D eigenvalue weighted by Crippen LogP contribution is -1.93. The molecule has 358 valence electrons. The normalized spacial score (nSPS) is 11.5.